The number of carbonyl (C=O) groups is 1. The van der Waals surface area contributed by atoms with Crippen LogP contribution in [0.5, 0.6) is 0 Å². The van der Waals surface area contributed by atoms with Gasteiger partial charge in [0.25, 0.3) is 0 Å². The van der Waals surface area contributed by atoms with E-state index in [2.05, 4.69) is 30.6 Å². The predicted octanol–water partition coefficient (Wildman–Crippen LogP) is 1.69. The smallest absolute Gasteiger partial charge is 0.248 e. The van der Waals surface area contributed by atoms with Crippen LogP contribution in [-0.4, -0.2) is 98.9 Å². The van der Waals surface area contributed by atoms with E-state index in [1.54, 1.807) is 0 Å². The number of carbonyl (C=O) groups excluding carboxylic acids is 1. The number of rotatable bonds is 10. The van der Waals surface area contributed by atoms with E-state index in [0.717, 1.165) is 71.2 Å². The zero-order valence-electron chi connectivity index (χ0n) is 17.1. The number of amides is 1. The summed E-state index contributed by atoms with van der Waals surface area (Å²) in [5, 5.41) is 0. The molecule has 0 radical (unpaired) electrons. The van der Waals surface area contributed by atoms with Gasteiger partial charge in [-0.15, -0.1) is 0 Å². The van der Waals surface area contributed by atoms with Crippen LogP contribution in [0.3, 0.4) is 0 Å². The third-order valence-corrected chi connectivity index (χ3v) is 5.83. The second kappa shape index (κ2) is 11.9. The molecule has 0 aromatic heterocycles. The van der Waals surface area contributed by atoms with E-state index in [1.165, 1.54) is 6.42 Å². The van der Waals surface area contributed by atoms with E-state index in [0.29, 0.717) is 19.3 Å². The Balaban J connectivity index is 1.42. The highest BCUT2D eigenvalue weighted by Crippen LogP contribution is 2.19. The lowest BCUT2D eigenvalue weighted by Crippen LogP contribution is -2.49. The third-order valence-electron chi connectivity index (χ3n) is 5.83. The summed E-state index contributed by atoms with van der Waals surface area (Å²) < 4.78 is 11.2. The lowest BCUT2D eigenvalue weighted by molar-refractivity contribution is -0.138. The van der Waals surface area contributed by atoms with Crippen molar-refractivity contribution in [2.45, 2.75) is 46.1 Å². The van der Waals surface area contributed by atoms with Gasteiger partial charge in [-0.1, -0.05) is 13.3 Å². The predicted molar refractivity (Wildman–Crippen MR) is 104 cm³/mol. The van der Waals surface area contributed by atoms with Crippen molar-refractivity contribution in [2.24, 2.45) is 5.92 Å². The summed E-state index contributed by atoms with van der Waals surface area (Å²) in [5.41, 5.74) is 0. The van der Waals surface area contributed by atoms with E-state index >= 15 is 0 Å². The summed E-state index contributed by atoms with van der Waals surface area (Å²) in [6, 6.07) is 0.645. The lowest BCUT2D eigenvalue weighted by Gasteiger charge is -2.36. The van der Waals surface area contributed by atoms with Gasteiger partial charge in [-0.3, -0.25) is 14.6 Å². The Kier molecular flexibility index (Phi) is 9.89. The first-order chi connectivity index (χ1) is 12.6. The average Bonchev–Trinajstić information content (AvgIpc) is 2.67. The van der Waals surface area contributed by atoms with Gasteiger partial charge in [0.05, 0.1) is 19.8 Å². The SMILES string of the molecule is CCC1CCN(C(=O)COCCOCCN2CCN(C(C)C)CC2)CC1. The monoisotopic (exact) mass is 369 g/mol. The molecule has 2 aliphatic heterocycles. The molecule has 26 heavy (non-hydrogen) atoms. The summed E-state index contributed by atoms with van der Waals surface area (Å²) in [6.07, 6.45) is 3.50. The number of likely N-dealkylation sites (tertiary alicyclic amines) is 1. The molecule has 2 rings (SSSR count). The van der Waals surface area contributed by atoms with Gasteiger partial charge in [0.1, 0.15) is 6.61 Å². The van der Waals surface area contributed by atoms with Crippen LogP contribution in [0.1, 0.15) is 40.0 Å². The summed E-state index contributed by atoms with van der Waals surface area (Å²) in [5.74, 6) is 0.921. The van der Waals surface area contributed by atoms with E-state index < -0.39 is 0 Å². The Hall–Kier alpha value is -0.690. The Morgan fingerprint density at radius 3 is 2.23 bits per heavy atom. The molecule has 2 heterocycles. The zero-order valence-corrected chi connectivity index (χ0v) is 17.1. The fourth-order valence-corrected chi connectivity index (χ4v) is 3.76. The van der Waals surface area contributed by atoms with Gasteiger partial charge < -0.3 is 14.4 Å². The molecule has 6 heteroatoms. The van der Waals surface area contributed by atoms with Crippen LogP contribution < -0.4 is 0 Å². The van der Waals surface area contributed by atoms with Gasteiger partial charge in [0.15, 0.2) is 0 Å². The van der Waals surface area contributed by atoms with E-state index in [9.17, 15) is 4.79 Å². The lowest BCUT2D eigenvalue weighted by atomic mass is 9.94. The zero-order chi connectivity index (χ0) is 18.8. The van der Waals surface area contributed by atoms with E-state index in [1.807, 2.05) is 4.90 Å². The number of piperazine rings is 1. The number of piperidine rings is 1. The quantitative estimate of drug-likeness (QED) is 0.549. The molecule has 6 nitrogen and oxygen atoms in total. The van der Waals surface area contributed by atoms with Crippen molar-refractivity contribution in [2.75, 3.05) is 72.2 Å². The van der Waals surface area contributed by atoms with Crippen molar-refractivity contribution >= 4 is 5.91 Å². The van der Waals surface area contributed by atoms with E-state index in [-0.39, 0.29) is 12.5 Å². The van der Waals surface area contributed by atoms with E-state index in [4.69, 9.17) is 9.47 Å². The third kappa shape index (κ3) is 7.51. The first-order valence-electron chi connectivity index (χ1n) is 10.5. The molecule has 0 unspecified atom stereocenters. The molecule has 0 bridgehead atoms. The van der Waals surface area contributed by atoms with Crippen molar-refractivity contribution < 1.29 is 14.3 Å². The number of ether oxygens (including phenoxy) is 2. The van der Waals surface area contributed by atoms with Crippen LogP contribution in [0.25, 0.3) is 0 Å². The van der Waals surface area contributed by atoms with Crippen molar-refractivity contribution in [3.8, 4) is 0 Å². The fraction of sp³-hybridized carbons (Fsp3) is 0.950. The maximum atomic E-state index is 12.1. The van der Waals surface area contributed by atoms with Gasteiger partial charge in [-0.2, -0.15) is 0 Å². The highest BCUT2D eigenvalue weighted by Gasteiger charge is 2.21. The highest BCUT2D eigenvalue weighted by molar-refractivity contribution is 5.77. The van der Waals surface area contributed by atoms with Crippen molar-refractivity contribution in [3.05, 3.63) is 0 Å². The highest BCUT2D eigenvalue weighted by atomic mass is 16.5. The molecule has 2 fully saturated rings. The van der Waals surface area contributed by atoms with Crippen LogP contribution in [0.15, 0.2) is 0 Å². The Morgan fingerprint density at radius 2 is 1.62 bits per heavy atom. The van der Waals surface area contributed by atoms with Gasteiger partial charge in [-0.05, 0) is 32.6 Å². The topological polar surface area (TPSA) is 45.3 Å². The largest absolute Gasteiger partial charge is 0.378 e. The van der Waals surface area contributed by atoms with Gasteiger partial charge in [-0.25, -0.2) is 0 Å². The van der Waals surface area contributed by atoms with Crippen LogP contribution in [0.4, 0.5) is 0 Å². The Bertz CT molecular complexity index is 390. The Morgan fingerprint density at radius 1 is 0.962 bits per heavy atom. The molecule has 2 saturated heterocycles. The van der Waals surface area contributed by atoms with Gasteiger partial charge >= 0.3 is 0 Å². The number of nitrogens with zero attached hydrogens (tertiary/aromatic N) is 3. The molecule has 0 aliphatic carbocycles. The van der Waals surface area contributed by atoms with Gasteiger partial charge in [0, 0.05) is 51.9 Å². The molecule has 0 atom stereocenters. The van der Waals surface area contributed by atoms with Crippen LogP contribution >= 0.6 is 0 Å². The molecule has 2 aliphatic rings. The molecular weight excluding hydrogens is 330 g/mol. The van der Waals surface area contributed by atoms with Crippen molar-refractivity contribution in [3.63, 3.8) is 0 Å². The molecule has 0 spiro atoms. The summed E-state index contributed by atoms with van der Waals surface area (Å²) >= 11 is 0. The summed E-state index contributed by atoms with van der Waals surface area (Å²) in [7, 11) is 0. The van der Waals surface area contributed by atoms with Crippen LogP contribution in [-0.2, 0) is 14.3 Å². The van der Waals surface area contributed by atoms with Crippen molar-refractivity contribution in [1.29, 1.82) is 0 Å². The average molecular weight is 370 g/mol. The fourth-order valence-electron chi connectivity index (χ4n) is 3.76. The second-order valence-corrected chi connectivity index (χ2v) is 7.87. The summed E-state index contributed by atoms with van der Waals surface area (Å²) in [4.78, 5) is 19.0. The standard InChI is InChI=1S/C20H39N3O3/c1-4-19-5-7-23(8-6-19)20(24)17-26-16-15-25-14-13-21-9-11-22(12-10-21)18(2)3/h18-19H,4-17H2,1-3H3. The summed E-state index contributed by atoms with van der Waals surface area (Å²) in [6.45, 7) is 16.1. The van der Waals surface area contributed by atoms with Crippen LogP contribution in [0.2, 0.25) is 0 Å². The Labute approximate surface area is 159 Å². The minimum Gasteiger partial charge on any atom is -0.378 e. The maximum absolute atomic E-state index is 12.1. The minimum atomic E-state index is 0.127. The second-order valence-electron chi connectivity index (χ2n) is 7.87. The molecule has 0 aromatic carbocycles. The first-order valence-corrected chi connectivity index (χ1v) is 10.5. The van der Waals surface area contributed by atoms with Gasteiger partial charge in [0.2, 0.25) is 5.91 Å². The molecule has 1 amide bonds. The molecule has 0 N–H and O–H groups in total. The normalized spacial score (nSPS) is 20.8. The van der Waals surface area contributed by atoms with Crippen LogP contribution in [0, 0.1) is 5.92 Å². The minimum absolute atomic E-state index is 0.127. The molecular formula is C20H39N3O3. The van der Waals surface area contributed by atoms with Crippen molar-refractivity contribution in [1.82, 2.24) is 14.7 Å². The number of hydrogen-bond donors (Lipinski definition) is 0. The molecule has 152 valence electrons. The number of hydrogen-bond acceptors (Lipinski definition) is 5. The molecule has 0 saturated carbocycles. The molecule has 0 aromatic rings. The first kappa shape index (κ1) is 21.6. The maximum Gasteiger partial charge on any atom is 0.248 e.